The van der Waals surface area contributed by atoms with Crippen molar-refractivity contribution in [2.75, 3.05) is 19.0 Å². The molecule has 0 radical (unpaired) electrons. The van der Waals surface area contributed by atoms with Gasteiger partial charge in [-0.2, -0.15) is 0 Å². The minimum atomic E-state index is -1.25. The lowest BCUT2D eigenvalue weighted by Gasteiger charge is -2.19. The average molecular weight is 364 g/mol. The molecule has 0 saturated heterocycles. The van der Waals surface area contributed by atoms with Gasteiger partial charge in [0.25, 0.3) is 0 Å². The highest BCUT2D eigenvalue weighted by Crippen LogP contribution is 2.24. The third kappa shape index (κ3) is 4.48. The van der Waals surface area contributed by atoms with E-state index in [1.807, 2.05) is 0 Å². The summed E-state index contributed by atoms with van der Waals surface area (Å²) in [7, 11) is 1.28. The largest absolute Gasteiger partial charge is 0.465 e. The van der Waals surface area contributed by atoms with Crippen molar-refractivity contribution < 1.29 is 29.0 Å². The van der Waals surface area contributed by atoms with E-state index in [1.54, 1.807) is 12.1 Å². The van der Waals surface area contributed by atoms with Crippen LogP contribution in [0.1, 0.15) is 22.3 Å². The molecule has 2 unspecified atom stereocenters. The Labute approximate surface area is 149 Å². The highest BCUT2D eigenvalue weighted by molar-refractivity contribution is 6.00. The second-order valence-electron chi connectivity index (χ2n) is 5.70. The first-order valence-electron chi connectivity index (χ1n) is 7.85. The monoisotopic (exact) mass is 364 g/mol. The van der Waals surface area contributed by atoms with Crippen LogP contribution in [0.5, 0.6) is 0 Å². The van der Waals surface area contributed by atoms with Crippen LogP contribution in [0, 0.1) is 0 Å². The van der Waals surface area contributed by atoms with Crippen molar-refractivity contribution in [3.8, 4) is 0 Å². The fourth-order valence-corrected chi connectivity index (χ4v) is 2.59. The van der Waals surface area contributed by atoms with Gasteiger partial charge in [0.15, 0.2) is 0 Å². The number of methoxy groups -OCH3 is 1. The van der Waals surface area contributed by atoms with E-state index in [9.17, 15) is 19.2 Å². The molecule has 0 saturated carbocycles. The zero-order valence-electron chi connectivity index (χ0n) is 14.1. The lowest BCUT2D eigenvalue weighted by Crippen LogP contribution is -2.54. The maximum Gasteiger partial charge on any atom is 0.337 e. The number of anilines is 1. The van der Waals surface area contributed by atoms with Gasteiger partial charge < -0.3 is 31.5 Å². The molecular formula is C16H20N4O6. The standard InChI is InChI=1S/C16H20N4O6/c1-26-15(24)9-3-4-10-8(6-9)2-5-11(13(22)18-10)19-14(23)12(7-21)20-16(17)25/h3-4,6,11-12,21H,2,5,7H2,1H3,(H,18,22)(H,19,23)(H3,17,20,25). The summed E-state index contributed by atoms with van der Waals surface area (Å²) in [5.41, 5.74) is 6.56. The number of aliphatic hydroxyl groups excluding tert-OH is 1. The van der Waals surface area contributed by atoms with Crippen molar-refractivity contribution in [1.82, 2.24) is 10.6 Å². The molecule has 4 amide bonds. The fraction of sp³-hybridized carbons (Fsp3) is 0.375. The number of aliphatic hydroxyl groups is 1. The molecule has 1 aromatic rings. The van der Waals surface area contributed by atoms with Crippen LogP contribution in [-0.2, 0) is 20.7 Å². The summed E-state index contributed by atoms with van der Waals surface area (Å²) in [4.78, 5) is 46.9. The smallest absolute Gasteiger partial charge is 0.337 e. The van der Waals surface area contributed by atoms with Crippen LogP contribution in [0.4, 0.5) is 10.5 Å². The first-order chi connectivity index (χ1) is 12.3. The molecule has 140 valence electrons. The fourth-order valence-electron chi connectivity index (χ4n) is 2.59. The van der Waals surface area contributed by atoms with E-state index in [4.69, 9.17) is 10.8 Å². The van der Waals surface area contributed by atoms with Gasteiger partial charge in [0.05, 0.1) is 19.3 Å². The van der Waals surface area contributed by atoms with E-state index in [2.05, 4.69) is 20.7 Å². The summed E-state index contributed by atoms with van der Waals surface area (Å²) in [6.45, 7) is -0.661. The maximum absolute atomic E-state index is 12.3. The molecule has 10 heteroatoms. The SMILES string of the molecule is COC(=O)c1ccc2c(c1)CCC(NC(=O)C(CO)NC(N)=O)C(=O)N2. The van der Waals surface area contributed by atoms with Gasteiger partial charge in [0, 0.05) is 5.69 Å². The molecular weight excluding hydrogens is 344 g/mol. The number of hydrogen-bond acceptors (Lipinski definition) is 6. The Hall–Kier alpha value is -3.14. The number of urea groups is 1. The van der Waals surface area contributed by atoms with Crippen molar-refractivity contribution in [3.05, 3.63) is 29.3 Å². The van der Waals surface area contributed by atoms with Crippen LogP contribution in [0.3, 0.4) is 0 Å². The molecule has 1 aromatic carbocycles. The highest BCUT2D eigenvalue weighted by Gasteiger charge is 2.28. The van der Waals surface area contributed by atoms with Gasteiger partial charge in [-0.1, -0.05) is 0 Å². The number of hydrogen-bond donors (Lipinski definition) is 5. The van der Waals surface area contributed by atoms with Crippen LogP contribution < -0.4 is 21.7 Å². The maximum atomic E-state index is 12.3. The molecule has 2 rings (SSSR count). The number of esters is 1. The zero-order valence-corrected chi connectivity index (χ0v) is 14.1. The molecule has 6 N–H and O–H groups in total. The summed E-state index contributed by atoms with van der Waals surface area (Å²) in [6, 6.07) is 1.65. The Morgan fingerprint density at radius 3 is 2.77 bits per heavy atom. The molecule has 2 atom stereocenters. The van der Waals surface area contributed by atoms with Gasteiger partial charge in [-0.15, -0.1) is 0 Å². The van der Waals surface area contributed by atoms with Gasteiger partial charge in [-0.05, 0) is 36.6 Å². The summed E-state index contributed by atoms with van der Waals surface area (Å²) < 4.78 is 4.67. The quantitative estimate of drug-likeness (QED) is 0.416. The molecule has 26 heavy (non-hydrogen) atoms. The summed E-state index contributed by atoms with van der Waals surface area (Å²) in [5.74, 6) is -1.66. The Morgan fingerprint density at radius 2 is 2.15 bits per heavy atom. The summed E-state index contributed by atoms with van der Waals surface area (Å²) in [5, 5.41) is 16.4. The van der Waals surface area contributed by atoms with Crippen LogP contribution >= 0.6 is 0 Å². The van der Waals surface area contributed by atoms with Crippen LogP contribution in [0.25, 0.3) is 0 Å². The van der Waals surface area contributed by atoms with Crippen molar-refractivity contribution in [2.24, 2.45) is 5.73 Å². The molecule has 1 heterocycles. The molecule has 0 fully saturated rings. The molecule has 1 aliphatic heterocycles. The number of aryl methyl sites for hydroxylation is 1. The molecule has 0 aliphatic carbocycles. The second-order valence-corrected chi connectivity index (χ2v) is 5.70. The van der Waals surface area contributed by atoms with Gasteiger partial charge in [-0.25, -0.2) is 9.59 Å². The number of ether oxygens (including phenoxy) is 1. The van der Waals surface area contributed by atoms with E-state index in [1.165, 1.54) is 13.2 Å². The number of benzene rings is 1. The lowest BCUT2D eigenvalue weighted by molar-refractivity contribution is -0.128. The molecule has 0 bridgehead atoms. The molecule has 0 spiro atoms. The van der Waals surface area contributed by atoms with Crippen LogP contribution in [-0.4, -0.2) is 54.7 Å². The number of rotatable bonds is 5. The third-order valence-corrected chi connectivity index (χ3v) is 3.94. The van der Waals surface area contributed by atoms with E-state index >= 15 is 0 Å². The minimum Gasteiger partial charge on any atom is -0.465 e. The third-order valence-electron chi connectivity index (χ3n) is 3.94. The van der Waals surface area contributed by atoms with Gasteiger partial charge in [0.2, 0.25) is 11.8 Å². The predicted octanol–water partition coefficient (Wildman–Crippen LogP) is -1.13. The van der Waals surface area contributed by atoms with Crippen LogP contribution in [0.15, 0.2) is 18.2 Å². The first-order valence-corrected chi connectivity index (χ1v) is 7.85. The number of carbonyl (C=O) groups is 4. The Bertz CT molecular complexity index is 735. The Kier molecular flexibility index (Phi) is 6.12. The average Bonchev–Trinajstić information content (AvgIpc) is 2.77. The number of nitrogens with two attached hydrogens (primary N) is 1. The first kappa shape index (κ1) is 19.2. The van der Waals surface area contributed by atoms with Crippen molar-refractivity contribution >= 4 is 29.5 Å². The number of nitrogens with one attached hydrogen (secondary N) is 3. The minimum absolute atomic E-state index is 0.268. The molecule has 0 aromatic heterocycles. The van der Waals surface area contributed by atoms with Crippen molar-refractivity contribution in [3.63, 3.8) is 0 Å². The molecule has 10 nitrogen and oxygen atoms in total. The summed E-state index contributed by atoms with van der Waals surface area (Å²) >= 11 is 0. The Morgan fingerprint density at radius 1 is 1.42 bits per heavy atom. The van der Waals surface area contributed by atoms with Gasteiger partial charge in [0.1, 0.15) is 12.1 Å². The predicted molar refractivity (Wildman–Crippen MR) is 90.3 cm³/mol. The number of fused-ring (bicyclic) bond motifs is 1. The normalized spacial score (nSPS) is 17.2. The second kappa shape index (κ2) is 8.30. The zero-order chi connectivity index (χ0) is 19.3. The van der Waals surface area contributed by atoms with E-state index in [-0.39, 0.29) is 6.42 Å². The van der Waals surface area contributed by atoms with Gasteiger partial charge in [-0.3, -0.25) is 9.59 Å². The topological polar surface area (TPSA) is 160 Å². The lowest BCUT2D eigenvalue weighted by atomic mass is 10.0. The van der Waals surface area contributed by atoms with Crippen LogP contribution in [0.2, 0.25) is 0 Å². The molecule has 1 aliphatic rings. The van der Waals surface area contributed by atoms with Crippen molar-refractivity contribution in [2.45, 2.75) is 24.9 Å². The van der Waals surface area contributed by atoms with E-state index < -0.39 is 42.5 Å². The highest BCUT2D eigenvalue weighted by atomic mass is 16.5. The Balaban J connectivity index is 2.10. The van der Waals surface area contributed by atoms with E-state index in [0.29, 0.717) is 17.7 Å². The van der Waals surface area contributed by atoms with E-state index in [0.717, 1.165) is 5.56 Å². The number of amides is 4. The van der Waals surface area contributed by atoms with Gasteiger partial charge >= 0.3 is 12.0 Å². The number of primary amides is 1. The summed E-state index contributed by atoms with van der Waals surface area (Å²) in [6.07, 6.45) is 0.681. The van der Waals surface area contributed by atoms with Crippen molar-refractivity contribution in [1.29, 1.82) is 0 Å². The number of carbonyl (C=O) groups excluding carboxylic acids is 4.